The van der Waals surface area contributed by atoms with Crippen molar-refractivity contribution in [3.05, 3.63) is 57.3 Å². The summed E-state index contributed by atoms with van der Waals surface area (Å²) in [6, 6.07) is 2.84. The number of hydrogen-bond donors (Lipinski definition) is 1. The molecular weight excluding hydrogens is 451 g/mol. The number of hydrogen-bond acceptors (Lipinski definition) is 6. The number of halogens is 6. The molecule has 0 unspecified atom stereocenters. The fourth-order valence-corrected chi connectivity index (χ4v) is 3.51. The molecule has 12 heteroatoms. The van der Waals surface area contributed by atoms with Gasteiger partial charge in [-0.15, -0.1) is 0 Å². The standard InChI is InChI=1S/C18H14Cl2F4N4O2/c1-17(6-13(18(22,23)24)30-16(25)28-17)15-11(21)3-2-9(27-15)5-12(29)14-10(20)4-8(19)7-26-14/h2-4,7,13H,5-6H2,1H3,(H2,25,28)/t13-,17-/m0/s1. The first-order valence-corrected chi connectivity index (χ1v) is 9.23. The Hall–Kier alpha value is -2.46. The van der Waals surface area contributed by atoms with Crippen molar-refractivity contribution in [3.8, 4) is 0 Å². The highest BCUT2D eigenvalue weighted by atomic mass is 35.5. The summed E-state index contributed by atoms with van der Waals surface area (Å²) in [6.45, 7) is 1.26. The molecule has 0 saturated carbocycles. The molecule has 160 valence electrons. The molecule has 2 N–H and O–H groups in total. The van der Waals surface area contributed by atoms with Crippen LogP contribution in [0.5, 0.6) is 0 Å². The van der Waals surface area contributed by atoms with Gasteiger partial charge in [0.1, 0.15) is 22.7 Å². The van der Waals surface area contributed by atoms with Crippen LogP contribution in [-0.4, -0.2) is 34.1 Å². The molecule has 0 aromatic carbocycles. The fraction of sp³-hybridized carbons (Fsp3) is 0.333. The largest absolute Gasteiger partial charge is 0.452 e. The van der Waals surface area contributed by atoms with Crippen molar-refractivity contribution in [2.24, 2.45) is 10.7 Å². The molecule has 6 nitrogen and oxygen atoms in total. The summed E-state index contributed by atoms with van der Waals surface area (Å²) in [4.78, 5) is 24.3. The highest BCUT2D eigenvalue weighted by molar-refractivity contribution is 6.36. The second-order valence-corrected chi connectivity index (χ2v) is 7.64. The van der Waals surface area contributed by atoms with E-state index in [1.165, 1.54) is 25.3 Å². The first-order chi connectivity index (χ1) is 13.9. The second-order valence-electron chi connectivity index (χ2n) is 6.79. The average Bonchev–Trinajstić information content (AvgIpc) is 2.61. The number of alkyl halides is 3. The summed E-state index contributed by atoms with van der Waals surface area (Å²) < 4.78 is 58.5. The third-order valence-corrected chi connectivity index (χ3v) is 4.89. The lowest BCUT2D eigenvalue weighted by Crippen LogP contribution is -2.46. The minimum absolute atomic E-state index is 0.0246. The summed E-state index contributed by atoms with van der Waals surface area (Å²) >= 11 is 11.7. The Bertz CT molecular complexity index is 1030. The number of nitrogens with zero attached hydrogens (tertiary/aromatic N) is 3. The van der Waals surface area contributed by atoms with Crippen LogP contribution in [-0.2, 0) is 16.7 Å². The second kappa shape index (κ2) is 7.99. The predicted molar refractivity (Wildman–Crippen MR) is 101 cm³/mol. The zero-order valence-electron chi connectivity index (χ0n) is 15.3. The number of pyridine rings is 2. The Labute approximate surface area is 178 Å². The van der Waals surface area contributed by atoms with E-state index in [1.807, 2.05) is 0 Å². The molecule has 2 aromatic heterocycles. The summed E-state index contributed by atoms with van der Waals surface area (Å²) in [5.41, 5.74) is 3.29. The van der Waals surface area contributed by atoms with Crippen molar-refractivity contribution in [1.82, 2.24) is 9.97 Å². The van der Waals surface area contributed by atoms with Crippen molar-refractivity contribution in [3.63, 3.8) is 0 Å². The van der Waals surface area contributed by atoms with Gasteiger partial charge in [0.25, 0.3) is 6.02 Å². The number of aliphatic imine (C=N–C) groups is 1. The number of nitrogens with two attached hydrogens (primary N) is 1. The van der Waals surface area contributed by atoms with Gasteiger partial charge in [-0.2, -0.15) is 13.2 Å². The van der Waals surface area contributed by atoms with Gasteiger partial charge in [-0.1, -0.05) is 23.2 Å². The lowest BCUT2D eigenvalue weighted by molar-refractivity contribution is -0.208. The highest BCUT2D eigenvalue weighted by Gasteiger charge is 2.50. The van der Waals surface area contributed by atoms with Crippen molar-refractivity contribution in [1.29, 1.82) is 0 Å². The number of aromatic nitrogens is 2. The lowest BCUT2D eigenvalue weighted by Gasteiger charge is -2.35. The Morgan fingerprint density at radius 3 is 2.70 bits per heavy atom. The van der Waals surface area contributed by atoms with Crippen LogP contribution >= 0.6 is 23.2 Å². The number of Topliss-reactive ketones (excluding diaryl/α,β-unsaturated/α-hetero) is 1. The Morgan fingerprint density at radius 2 is 2.07 bits per heavy atom. The minimum atomic E-state index is -4.73. The number of amidine groups is 1. The number of carbonyl (C=O) groups excluding carboxylic acids is 1. The normalized spacial score (nSPS) is 21.7. The van der Waals surface area contributed by atoms with Gasteiger partial charge in [0, 0.05) is 18.3 Å². The van der Waals surface area contributed by atoms with E-state index in [-0.39, 0.29) is 33.5 Å². The maximum atomic E-state index is 14.5. The van der Waals surface area contributed by atoms with Crippen LogP contribution in [0.15, 0.2) is 29.4 Å². The van der Waals surface area contributed by atoms with Crippen LogP contribution in [0.1, 0.15) is 35.2 Å². The predicted octanol–water partition coefficient (Wildman–Crippen LogP) is 4.23. The molecule has 2 atom stereocenters. The minimum Gasteiger partial charge on any atom is -0.452 e. The van der Waals surface area contributed by atoms with Crippen LogP contribution in [0.4, 0.5) is 17.6 Å². The van der Waals surface area contributed by atoms with Gasteiger partial charge in [-0.25, -0.2) is 14.4 Å². The van der Waals surface area contributed by atoms with Gasteiger partial charge in [0.05, 0.1) is 16.5 Å². The van der Waals surface area contributed by atoms with Crippen LogP contribution in [0.2, 0.25) is 10.0 Å². The van der Waals surface area contributed by atoms with Crippen LogP contribution in [0.3, 0.4) is 0 Å². The van der Waals surface area contributed by atoms with Crippen LogP contribution < -0.4 is 5.73 Å². The van der Waals surface area contributed by atoms with Gasteiger partial charge in [-0.3, -0.25) is 9.78 Å². The van der Waals surface area contributed by atoms with Crippen molar-refractivity contribution >= 4 is 35.0 Å². The van der Waals surface area contributed by atoms with E-state index in [0.717, 1.165) is 6.07 Å². The first-order valence-electron chi connectivity index (χ1n) is 8.48. The molecule has 3 rings (SSSR count). The first kappa shape index (κ1) is 22.2. The third-order valence-electron chi connectivity index (χ3n) is 4.40. The molecule has 2 aromatic rings. The highest BCUT2D eigenvalue weighted by Crippen LogP contribution is 2.40. The summed E-state index contributed by atoms with van der Waals surface area (Å²) in [7, 11) is 0. The number of ketones is 1. The molecule has 3 heterocycles. The summed E-state index contributed by atoms with van der Waals surface area (Å²) in [5, 5.41) is 0.262. The van der Waals surface area contributed by atoms with Gasteiger partial charge < -0.3 is 10.5 Å². The fourth-order valence-electron chi connectivity index (χ4n) is 3.02. The van der Waals surface area contributed by atoms with Gasteiger partial charge in [0.15, 0.2) is 11.9 Å². The van der Waals surface area contributed by atoms with E-state index in [9.17, 15) is 22.4 Å². The molecule has 0 bridgehead atoms. The van der Waals surface area contributed by atoms with E-state index < -0.39 is 41.9 Å². The molecule has 0 amide bonds. The number of rotatable bonds is 4. The van der Waals surface area contributed by atoms with Crippen LogP contribution in [0.25, 0.3) is 0 Å². The Kier molecular flexibility index (Phi) is 5.92. The van der Waals surface area contributed by atoms with E-state index in [4.69, 9.17) is 28.9 Å². The number of ether oxygens (including phenoxy) is 1. The zero-order valence-corrected chi connectivity index (χ0v) is 16.8. The van der Waals surface area contributed by atoms with Gasteiger partial charge >= 0.3 is 6.18 Å². The maximum Gasteiger partial charge on any atom is 0.425 e. The zero-order chi connectivity index (χ0) is 22.3. The SMILES string of the molecule is C[C@@]1(c2nc(CC(=O)c3ncc(Cl)cc3Cl)ccc2F)C[C@@H](C(F)(F)F)OC(N)=N1. The quantitative estimate of drug-likeness (QED) is 0.539. The molecule has 1 aliphatic rings. The van der Waals surface area contributed by atoms with Crippen molar-refractivity contribution in [2.75, 3.05) is 0 Å². The maximum absolute atomic E-state index is 14.5. The Balaban J connectivity index is 1.93. The third kappa shape index (κ3) is 4.65. The molecular formula is C18H14Cl2F4N4O2. The van der Waals surface area contributed by atoms with Gasteiger partial charge in [0.2, 0.25) is 0 Å². The topological polar surface area (TPSA) is 90.5 Å². The lowest BCUT2D eigenvalue weighted by atomic mass is 9.89. The molecule has 0 aliphatic carbocycles. The molecule has 0 spiro atoms. The smallest absolute Gasteiger partial charge is 0.425 e. The van der Waals surface area contributed by atoms with E-state index >= 15 is 0 Å². The van der Waals surface area contributed by atoms with E-state index in [1.54, 1.807) is 0 Å². The molecule has 0 fully saturated rings. The average molecular weight is 465 g/mol. The Morgan fingerprint density at radius 1 is 1.37 bits per heavy atom. The molecule has 30 heavy (non-hydrogen) atoms. The summed E-state index contributed by atoms with van der Waals surface area (Å²) in [6.07, 6.45) is -6.83. The molecule has 0 saturated heterocycles. The van der Waals surface area contributed by atoms with E-state index in [2.05, 4.69) is 19.7 Å². The van der Waals surface area contributed by atoms with E-state index in [0.29, 0.717) is 0 Å². The van der Waals surface area contributed by atoms with Crippen LogP contribution in [0, 0.1) is 5.82 Å². The number of carbonyl (C=O) groups is 1. The van der Waals surface area contributed by atoms with Crippen molar-refractivity contribution < 1.29 is 27.1 Å². The summed E-state index contributed by atoms with van der Waals surface area (Å²) in [5.74, 6) is -1.43. The van der Waals surface area contributed by atoms with Crippen molar-refractivity contribution in [2.45, 2.75) is 37.6 Å². The monoisotopic (exact) mass is 464 g/mol. The molecule has 0 radical (unpaired) electrons. The van der Waals surface area contributed by atoms with Gasteiger partial charge in [-0.05, 0) is 25.1 Å². The molecule has 1 aliphatic heterocycles.